The molecule has 0 saturated carbocycles. The maximum atomic E-state index is 13.8. The summed E-state index contributed by atoms with van der Waals surface area (Å²) in [5.41, 5.74) is -0.0925. The standard InChI is InChI=1S/C65H88N7O18P/c1-42(2)72(43(3)4)91(85-39-36-66-9)90-58-53(24-18-13-12-14-19-34-67-63(78)68-35-20-21-38-82-62-57(69-44(5)73)60(87-47(8)76)59(86-46(7)75)54(89-62)40-83-45(6)74)61(71-37-33-56(77)70-64(71)79)88-55(58)41-84-65(48-22-16-15-17-23-48,49-25-29-51(80-10)30-26-49)50-27-31-52(81-11)32-28-50/h13,15-18,22-23,25-33,37,42-43,53-55,57-62H,12,14,19-21,24,34-36,38-41H2,1-8,10-11H3,(H,69,73)(H2,67,68,78)(H,70,77,79)/b18-13+/t53-,54+,55+,57+,58?,59-,60+,61+,62+,91?/m0/s1. The summed E-state index contributed by atoms with van der Waals surface area (Å²) in [6, 6.07) is 24.9. The number of hydrogen-bond donors (Lipinski definition) is 4. The highest BCUT2D eigenvalue weighted by atomic mass is 31.2. The van der Waals surface area contributed by atoms with Crippen molar-refractivity contribution in [1.82, 2.24) is 30.2 Å². The first-order chi connectivity index (χ1) is 43.7. The number of allylic oxidation sites excluding steroid dienone is 2. The summed E-state index contributed by atoms with van der Waals surface area (Å²) in [5.74, 6) is -1.82. The highest BCUT2D eigenvalue weighted by Crippen LogP contribution is 2.53. The van der Waals surface area contributed by atoms with E-state index in [1.807, 2.05) is 91.0 Å². The molecule has 3 aromatic carbocycles. The third kappa shape index (κ3) is 21.0. The van der Waals surface area contributed by atoms with Gasteiger partial charge in [0.25, 0.3) is 14.1 Å². The van der Waals surface area contributed by atoms with Crippen LogP contribution in [-0.4, -0.2) is 159 Å². The van der Waals surface area contributed by atoms with E-state index in [0.717, 1.165) is 37.0 Å². The molecule has 0 aliphatic carbocycles. The molecule has 6 rings (SSSR count). The zero-order valence-electron chi connectivity index (χ0n) is 53.5. The molecular formula is C65H88N7O18P. The molecule has 2 aliphatic heterocycles. The Kier molecular flexibility index (Phi) is 29.1. The molecule has 4 N–H and O–H groups in total. The average Bonchev–Trinajstić information content (AvgIpc) is 1.66. The van der Waals surface area contributed by atoms with Gasteiger partial charge in [-0.15, -0.1) is 0 Å². The van der Waals surface area contributed by atoms with E-state index in [-0.39, 0.29) is 51.1 Å². The van der Waals surface area contributed by atoms with Crippen LogP contribution in [0.15, 0.2) is 113 Å². The van der Waals surface area contributed by atoms with Crippen LogP contribution < -0.4 is 36.7 Å². The lowest BCUT2D eigenvalue weighted by Gasteiger charge is -2.44. The van der Waals surface area contributed by atoms with Gasteiger partial charge in [-0.3, -0.25) is 33.5 Å². The maximum Gasteiger partial charge on any atom is 0.330 e. The fourth-order valence-corrected chi connectivity index (χ4v) is 12.8. The van der Waals surface area contributed by atoms with E-state index < -0.39 is 104 Å². The van der Waals surface area contributed by atoms with Crippen LogP contribution in [0.5, 0.6) is 11.5 Å². The van der Waals surface area contributed by atoms with E-state index in [1.54, 1.807) is 14.2 Å². The van der Waals surface area contributed by atoms with Crippen LogP contribution >= 0.6 is 8.53 Å². The number of methoxy groups -OCH3 is 2. The van der Waals surface area contributed by atoms with Crippen molar-refractivity contribution < 1.29 is 75.7 Å². The second-order valence-corrected chi connectivity index (χ2v) is 23.7. The van der Waals surface area contributed by atoms with Gasteiger partial charge in [0, 0.05) is 77.7 Å². The predicted molar refractivity (Wildman–Crippen MR) is 337 cm³/mol. The number of amides is 3. The van der Waals surface area contributed by atoms with Gasteiger partial charge in [0.1, 0.15) is 60.9 Å². The molecule has 2 saturated heterocycles. The molecule has 2 fully saturated rings. The zero-order chi connectivity index (χ0) is 66.0. The first-order valence-corrected chi connectivity index (χ1v) is 31.7. The summed E-state index contributed by atoms with van der Waals surface area (Å²) in [7, 11) is 1.35. The van der Waals surface area contributed by atoms with Gasteiger partial charge in [0.2, 0.25) is 12.5 Å². The first kappa shape index (κ1) is 72.5. The number of hydrogen-bond acceptors (Lipinski definition) is 19. The number of H-pyrrole nitrogens is 1. The van der Waals surface area contributed by atoms with E-state index in [1.165, 1.54) is 30.7 Å². The van der Waals surface area contributed by atoms with Gasteiger partial charge in [-0.2, -0.15) is 0 Å². The molecule has 91 heavy (non-hydrogen) atoms. The van der Waals surface area contributed by atoms with Crippen molar-refractivity contribution in [1.29, 1.82) is 0 Å². The Hall–Kier alpha value is -7.53. The van der Waals surface area contributed by atoms with E-state index in [9.17, 15) is 33.6 Å². The Morgan fingerprint density at radius 1 is 0.725 bits per heavy atom. The Labute approximate surface area is 532 Å². The summed E-state index contributed by atoms with van der Waals surface area (Å²) in [5, 5.41) is 8.41. The van der Waals surface area contributed by atoms with Crippen LogP contribution in [0.2, 0.25) is 0 Å². The summed E-state index contributed by atoms with van der Waals surface area (Å²) >= 11 is 0. The van der Waals surface area contributed by atoms with Crippen molar-refractivity contribution in [2.45, 2.75) is 161 Å². The van der Waals surface area contributed by atoms with Crippen LogP contribution in [0.4, 0.5) is 4.79 Å². The molecule has 10 atom stereocenters. The lowest BCUT2D eigenvalue weighted by Crippen LogP contribution is -2.66. The van der Waals surface area contributed by atoms with E-state index in [4.69, 9.17) is 58.3 Å². The number of carbonyl (C=O) groups is 5. The highest BCUT2D eigenvalue weighted by molar-refractivity contribution is 7.44. The molecule has 25 nitrogen and oxygen atoms in total. The molecule has 2 unspecified atom stereocenters. The summed E-state index contributed by atoms with van der Waals surface area (Å²) in [4.78, 5) is 93.5. The Bertz CT molecular complexity index is 3090. The molecule has 1 aromatic heterocycles. The molecule has 3 heterocycles. The maximum absolute atomic E-state index is 13.8. The second kappa shape index (κ2) is 36.5. The summed E-state index contributed by atoms with van der Waals surface area (Å²) < 4.78 is 71.2. The van der Waals surface area contributed by atoms with Crippen LogP contribution in [0.3, 0.4) is 0 Å². The minimum absolute atomic E-state index is 0.0424. The number of rotatable bonds is 35. The Morgan fingerprint density at radius 2 is 1.32 bits per heavy atom. The van der Waals surface area contributed by atoms with Gasteiger partial charge in [0.05, 0.1) is 20.8 Å². The zero-order valence-corrected chi connectivity index (χ0v) is 54.4. The van der Waals surface area contributed by atoms with Crippen LogP contribution in [-0.2, 0) is 67.0 Å². The van der Waals surface area contributed by atoms with Crippen molar-refractivity contribution in [2.24, 2.45) is 5.92 Å². The van der Waals surface area contributed by atoms with E-state index in [0.29, 0.717) is 56.7 Å². The van der Waals surface area contributed by atoms with Crippen LogP contribution in [0, 0.1) is 12.5 Å². The van der Waals surface area contributed by atoms with Crippen molar-refractivity contribution >= 4 is 38.4 Å². The molecule has 496 valence electrons. The van der Waals surface area contributed by atoms with Crippen molar-refractivity contribution in [3.05, 3.63) is 152 Å². The van der Waals surface area contributed by atoms with Crippen molar-refractivity contribution in [3.63, 3.8) is 0 Å². The Balaban J connectivity index is 1.15. The third-order valence-electron chi connectivity index (χ3n) is 15.0. The van der Waals surface area contributed by atoms with Gasteiger partial charge in [-0.05, 0) is 107 Å². The average molecular weight is 1290 g/mol. The van der Waals surface area contributed by atoms with Gasteiger partial charge >= 0.3 is 29.6 Å². The normalized spacial score (nSPS) is 21.0. The molecule has 0 bridgehead atoms. The molecular weight excluding hydrogens is 1200 g/mol. The number of nitrogens with zero attached hydrogens (tertiary/aromatic N) is 3. The number of nitrogens with one attached hydrogen (secondary N) is 4. The number of urea groups is 1. The molecule has 2 aliphatic rings. The number of aromatic amines is 1. The van der Waals surface area contributed by atoms with Gasteiger partial charge < -0.3 is 72.5 Å². The fraction of sp³-hybridized carbons (Fsp3) is 0.538. The quantitative estimate of drug-likeness (QED) is 0.00655. The largest absolute Gasteiger partial charge is 0.497 e. The molecule has 0 spiro atoms. The second-order valence-electron chi connectivity index (χ2n) is 22.3. The van der Waals surface area contributed by atoms with Crippen LogP contribution in [0.1, 0.15) is 117 Å². The highest BCUT2D eigenvalue weighted by Gasteiger charge is 2.53. The summed E-state index contributed by atoms with van der Waals surface area (Å²) in [6.07, 6.45) is 1.36. The fourth-order valence-electron chi connectivity index (χ4n) is 11.0. The van der Waals surface area contributed by atoms with E-state index >= 15 is 0 Å². The topological polar surface area (TPSA) is 285 Å². The van der Waals surface area contributed by atoms with Gasteiger partial charge in [0.15, 0.2) is 18.5 Å². The molecule has 26 heteroatoms. The SMILES string of the molecule is [C-]#[N+]CCOP(OC1[C@@H](COC(c2ccccc2)(c2ccc(OC)cc2)c2ccc(OC)cc2)O[C@@H](n2ccc(=O)[nH]c2=O)[C@H]1C/C=C/CCCCNC(=O)NCCCCO[C@@H]1O[C@H](COC(C)=O)[C@H](OC(C)=O)[C@H](OC(C)=O)[C@H]1NC(C)=O)N(C(C)C)C(C)C. The summed E-state index contributed by atoms with van der Waals surface area (Å²) in [6.45, 7) is 21.1. The number of unbranched alkanes of at least 4 members (excludes halogenated alkanes) is 3. The number of aromatic nitrogens is 2. The van der Waals surface area contributed by atoms with Crippen molar-refractivity contribution in [2.75, 3.05) is 60.3 Å². The van der Waals surface area contributed by atoms with Gasteiger partial charge in [-0.1, -0.05) is 66.7 Å². The van der Waals surface area contributed by atoms with Crippen LogP contribution in [0.25, 0.3) is 4.85 Å². The third-order valence-corrected chi connectivity index (χ3v) is 17.1. The smallest absolute Gasteiger partial charge is 0.330 e. The lowest BCUT2D eigenvalue weighted by molar-refractivity contribution is -0.277. The molecule has 4 aromatic rings. The molecule has 0 radical (unpaired) electrons. The monoisotopic (exact) mass is 1290 g/mol. The lowest BCUT2D eigenvalue weighted by atomic mass is 9.80. The number of esters is 3. The Morgan fingerprint density at radius 3 is 1.88 bits per heavy atom. The minimum atomic E-state index is -1.86. The number of benzene rings is 3. The number of ether oxygens (including phenoxy) is 9. The number of carbonyl (C=O) groups excluding carboxylic acids is 5. The molecule has 3 amide bonds. The predicted octanol–water partition coefficient (Wildman–Crippen LogP) is 7.61. The first-order valence-electron chi connectivity index (χ1n) is 30.6. The minimum Gasteiger partial charge on any atom is -0.497 e. The van der Waals surface area contributed by atoms with Gasteiger partial charge in [-0.25, -0.2) is 20.8 Å². The van der Waals surface area contributed by atoms with E-state index in [2.05, 4.69) is 58.1 Å². The van der Waals surface area contributed by atoms with Crippen molar-refractivity contribution in [3.8, 4) is 11.5 Å².